The Kier molecular flexibility index (Phi) is 4.82. The fourth-order valence-electron chi connectivity index (χ4n) is 2.13. The van der Waals surface area contributed by atoms with Crippen molar-refractivity contribution in [3.63, 3.8) is 0 Å². The molecule has 1 fully saturated rings. The lowest BCUT2D eigenvalue weighted by Crippen LogP contribution is -2.35. The molecule has 0 spiro atoms. The molecule has 1 heterocycles. The van der Waals surface area contributed by atoms with Gasteiger partial charge < -0.3 is 4.74 Å². The molecule has 0 atom stereocenters. The van der Waals surface area contributed by atoms with Gasteiger partial charge in [0.25, 0.3) is 9.05 Å². The normalized spacial score (nSPS) is 17.9. The van der Waals surface area contributed by atoms with Crippen LogP contribution in [0, 0.1) is 0 Å². The Hall–Kier alpha value is -0.830. The molecule has 0 unspecified atom stereocenters. The average molecular weight is 344 g/mol. The van der Waals surface area contributed by atoms with Gasteiger partial charge in [-0.2, -0.15) is 13.2 Å². The van der Waals surface area contributed by atoms with Crippen LogP contribution in [0.4, 0.5) is 13.2 Å². The predicted octanol–water partition coefficient (Wildman–Crippen LogP) is 2.47. The van der Waals surface area contributed by atoms with Gasteiger partial charge in [-0.3, -0.25) is 4.90 Å². The molecular weight excluding hydrogens is 331 g/mol. The van der Waals surface area contributed by atoms with Crippen LogP contribution in [0.3, 0.4) is 0 Å². The van der Waals surface area contributed by atoms with Crippen LogP contribution in [0.1, 0.15) is 11.1 Å². The molecule has 0 bridgehead atoms. The van der Waals surface area contributed by atoms with Crippen LogP contribution in [-0.4, -0.2) is 39.6 Å². The molecule has 0 aliphatic carbocycles. The number of hydrogen-bond donors (Lipinski definition) is 0. The predicted molar refractivity (Wildman–Crippen MR) is 70.6 cm³/mol. The average Bonchev–Trinajstić information content (AvgIpc) is 2.37. The molecular formula is C12H13ClF3NO3S. The zero-order valence-corrected chi connectivity index (χ0v) is 12.4. The van der Waals surface area contributed by atoms with E-state index in [1.807, 2.05) is 4.90 Å². The molecule has 21 heavy (non-hydrogen) atoms. The van der Waals surface area contributed by atoms with Crippen LogP contribution in [0.2, 0.25) is 0 Å². The first-order valence-corrected chi connectivity index (χ1v) is 8.44. The third kappa shape index (κ3) is 4.32. The van der Waals surface area contributed by atoms with Gasteiger partial charge in [0.05, 0.1) is 23.7 Å². The van der Waals surface area contributed by atoms with Gasteiger partial charge in [-0.15, -0.1) is 0 Å². The van der Waals surface area contributed by atoms with Gasteiger partial charge in [0.1, 0.15) is 0 Å². The van der Waals surface area contributed by atoms with E-state index in [0.717, 1.165) is 12.1 Å². The largest absolute Gasteiger partial charge is 0.417 e. The van der Waals surface area contributed by atoms with E-state index in [9.17, 15) is 21.6 Å². The van der Waals surface area contributed by atoms with Crippen molar-refractivity contribution in [1.82, 2.24) is 4.90 Å². The van der Waals surface area contributed by atoms with Gasteiger partial charge in [-0.05, 0) is 17.7 Å². The van der Waals surface area contributed by atoms with Crippen LogP contribution in [0.15, 0.2) is 23.1 Å². The molecule has 0 aromatic heterocycles. The van der Waals surface area contributed by atoms with E-state index in [-0.39, 0.29) is 0 Å². The van der Waals surface area contributed by atoms with Gasteiger partial charge in [0.15, 0.2) is 0 Å². The molecule has 0 N–H and O–H groups in total. The summed E-state index contributed by atoms with van der Waals surface area (Å²) in [6.07, 6.45) is -4.78. The molecule has 4 nitrogen and oxygen atoms in total. The van der Waals surface area contributed by atoms with Crippen LogP contribution < -0.4 is 0 Å². The number of halogens is 4. The second-order valence-electron chi connectivity index (χ2n) is 4.65. The lowest BCUT2D eigenvalue weighted by Gasteiger charge is -2.27. The van der Waals surface area contributed by atoms with E-state index >= 15 is 0 Å². The summed E-state index contributed by atoms with van der Waals surface area (Å²) in [5.41, 5.74) is -0.850. The fraction of sp³-hybridized carbons (Fsp3) is 0.500. The Balaban J connectivity index is 2.33. The maximum atomic E-state index is 13.0. The van der Waals surface area contributed by atoms with Crippen LogP contribution in [-0.2, 0) is 26.5 Å². The van der Waals surface area contributed by atoms with E-state index in [4.69, 9.17) is 15.4 Å². The van der Waals surface area contributed by atoms with Crippen molar-refractivity contribution in [2.75, 3.05) is 26.3 Å². The Labute approximate surface area is 124 Å². The van der Waals surface area contributed by atoms with E-state index < -0.39 is 25.7 Å². The van der Waals surface area contributed by atoms with Gasteiger partial charge in [0.2, 0.25) is 0 Å². The summed E-state index contributed by atoms with van der Waals surface area (Å²) >= 11 is 0. The molecule has 1 aromatic carbocycles. The van der Waals surface area contributed by atoms with Crippen molar-refractivity contribution in [2.24, 2.45) is 0 Å². The molecule has 1 aromatic rings. The molecule has 1 saturated heterocycles. The first kappa shape index (κ1) is 16.5. The van der Waals surface area contributed by atoms with Gasteiger partial charge in [-0.25, -0.2) is 8.42 Å². The molecule has 118 valence electrons. The molecule has 0 saturated carbocycles. The highest BCUT2D eigenvalue weighted by Crippen LogP contribution is 2.36. The molecule has 0 amide bonds. The quantitative estimate of drug-likeness (QED) is 0.791. The minimum absolute atomic E-state index is 0.301. The zero-order valence-electron chi connectivity index (χ0n) is 10.9. The summed E-state index contributed by atoms with van der Waals surface area (Å²) in [7, 11) is 0.611. The van der Waals surface area contributed by atoms with E-state index in [2.05, 4.69) is 0 Å². The maximum Gasteiger partial charge on any atom is 0.417 e. The Morgan fingerprint density at radius 2 is 1.86 bits per heavy atom. The molecule has 2 rings (SSSR count). The first-order chi connectivity index (χ1) is 9.68. The summed E-state index contributed by atoms with van der Waals surface area (Å²) in [6.45, 7) is 2.60. The summed E-state index contributed by atoms with van der Waals surface area (Å²) in [5, 5.41) is 0. The standard InChI is InChI=1S/C12H13ClF3NO3S/c13-21(18,19)11-2-1-9(7-10(11)12(14,15)16)8-17-3-5-20-6-4-17/h1-2,7H,3-6,8H2. The summed E-state index contributed by atoms with van der Waals surface area (Å²) in [5.74, 6) is 0. The van der Waals surface area contributed by atoms with Crippen molar-refractivity contribution >= 4 is 19.7 Å². The number of rotatable bonds is 3. The van der Waals surface area contributed by atoms with E-state index in [1.165, 1.54) is 6.07 Å². The van der Waals surface area contributed by atoms with Crippen molar-refractivity contribution < 1.29 is 26.3 Å². The number of morpholine rings is 1. The van der Waals surface area contributed by atoms with Crippen LogP contribution in [0.5, 0.6) is 0 Å². The minimum Gasteiger partial charge on any atom is -0.379 e. The first-order valence-electron chi connectivity index (χ1n) is 6.13. The van der Waals surface area contributed by atoms with Gasteiger partial charge >= 0.3 is 6.18 Å². The number of ether oxygens (including phenoxy) is 1. The summed E-state index contributed by atoms with van der Waals surface area (Å²) in [6, 6.07) is 3.09. The zero-order chi connectivity index (χ0) is 15.7. The third-order valence-corrected chi connectivity index (χ3v) is 4.50. The molecule has 1 aliphatic heterocycles. The fourth-order valence-corrected chi connectivity index (χ4v) is 3.20. The van der Waals surface area contributed by atoms with Crippen molar-refractivity contribution in [2.45, 2.75) is 17.6 Å². The summed E-state index contributed by atoms with van der Waals surface area (Å²) in [4.78, 5) is 1.02. The number of hydrogen-bond acceptors (Lipinski definition) is 4. The Morgan fingerprint density at radius 1 is 1.24 bits per heavy atom. The lowest BCUT2D eigenvalue weighted by molar-refractivity contribution is -0.139. The van der Waals surface area contributed by atoms with Crippen molar-refractivity contribution in [3.05, 3.63) is 29.3 Å². The van der Waals surface area contributed by atoms with Crippen LogP contribution in [0.25, 0.3) is 0 Å². The highest BCUT2D eigenvalue weighted by molar-refractivity contribution is 8.13. The number of alkyl halides is 3. The molecule has 9 heteroatoms. The monoisotopic (exact) mass is 343 g/mol. The maximum absolute atomic E-state index is 13.0. The highest BCUT2D eigenvalue weighted by atomic mass is 35.7. The molecule has 1 aliphatic rings. The van der Waals surface area contributed by atoms with Gasteiger partial charge in [-0.1, -0.05) is 6.07 Å². The smallest absolute Gasteiger partial charge is 0.379 e. The van der Waals surface area contributed by atoms with Crippen LogP contribution >= 0.6 is 10.7 Å². The third-order valence-electron chi connectivity index (χ3n) is 3.12. The second-order valence-corrected chi connectivity index (χ2v) is 7.19. The van der Waals surface area contributed by atoms with Gasteiger partial charge in [0, 0.05) is 30.3 Å². The van der Waals surface area contributed by atoms with E-state index in [1.54, 1.807) is 0 Å². The topological polar surface area (TPSA) is 46.6 Å². The molecule has 0 radical (unpaired) electrons. The number of nitrogens with zero attached hydrogens (tertiary/aromatic N) is 1. The minimum atomic E-state index is -4.78. The van der Waals surface area contributed by atoms with E-state index in [0.29, 0.717) is 38.4 Å². The Morgan fingerprint density at radius 3 is 2.38 bits per heavy atom. The lowest BCUT2D eigenvalue weighted by atomic mass is 10.1. The Bertz CT molecular complexity index is 613. The van der Waals surface area contributed by atoms with Crippen molar-refractivity contribution in [3.8, 4) is 0 Å². The van der Waals surface area contributed by atoms with Crippen molar-refractivity contribution in [1.29, 1.82) is 0 Å². The second kappa shape index (κ2) is 6.12. The number of benzene rings is 1. The highest BCUT2D eigenvalue weighted by Gasteiger charge is 2.37. The summed E-state index contributed by atoms with van der Waals surface area (Å²) < 4.78 is 66.6. The SMILES string of the molecule is O=S(=O)(Cl)c1ccc(CN2CCOCC2)cc1C(F)(F)F.